The molecule has 3 aromatic rings. The van der Waals surface area contributed by atoms with Crippen molar-refractivity contribution in [2.45, 2.75) is 13.8 Å². The van der Waals surface area contributed by atoms with E-state index in [9.17, 15) is 9.59 Å². The van der Waals surface area contributed by atoms with Gasteiger partial charge in [-0.2, -0.15) is 0 Å². The van der Waals surface area contributed by atoms with Crippen LogP contribution in [0.25, 0.3) is 0 Å². The number of nitrogens with one attached hydrogen (secondary N) is 1. The van der Waals surface area contributed by atoms with Crippen molar-refractivity contribution in [2.75, 3.05) is 23.9 Å². The van der Waals surface area contributed by atoms with Gasteiger partial charge < -0.3 is 15.0 Å². The monoisotopic (exact) mass is 388 g/mol. The van der Waals surface area contributed by atoms with Gasteiger partial charge in [0, 0.05) is 24.0 Å². The molecular weight excluding hydrogens is 364 g/mol. The summed E-state index contributed by atoms with van der Waals surface area (Å²) >= 11 is 0. The molecule has 0 aliphatic rings. The number of amides is 2. The van der Waals surface area contributed by atoms with Crippen LogP contribution in [0.1, 0.15) is 21.5 Å². The predicted octanol–water partition coefficient (Wildman–Crippen LogP) is 4.60. The Kier molecular flexibility index (Phi) is 6.29. The summed E-state index contributed by atoms with van der Waals surface area (Å²) in [5.41, 5.74) is 4.03. The van der Waals surface area contributed by atoms with Crippen molar-refractivity contribution >= 4 is 23.2 Å². The maximum Gasteiger partial charge on any atom is 0.262 e. The van der Waals surface area contributed by atoms with Crippen molar-refractivity contribution < 1.29 is 14.3 Å². The summed E-state index contributed by atoms with van der Waals surface area (Å²) in [5.74, 6) is 0.323. The second kappa shape index (κ2) is 9.06. The first-order valence-corrected chi connectivity index (χ1v) is 9.37. The molecule has 0 fully saturated rings. The summed E-state index contributed by atoms with van der Waals surface area (Å²) in [6.07, 6.45) is 0. The van der Waals surface area contributed by atoms with Crippen LogP contribution < -0.4 is 15.0 Å². The number of hydrogen-bond acceptors (Lipinski definition) is 3. The average Bonchev–Trinajstić information content (AvgIpc) is 2.74. The van der Waals surface area contributed by atoms with Gasteiger partial charge in [-0.15, -0.1) is 0 Å². The van der Waals surface area contributed by atoms with Crippen molar-refractivity contribution in [3.05, 3.63) is 89.5 Å². The van der Waals surface area contributed by atoms with Crippen LogP contribution >= 0.6 is 0 Å². The minimum atomic E-state index is -0.258. The Hall–Kier alpha value is -3.60. The molecule has 0 spiro atoms. The van der Waals surface area contributed by atoms with Crippen LogP contribution in [0, 0.1) is 13.8 Å². The van der Waals surface area contributed by atoms with E-state index in [4.69, 9.17) is 4.74 Å². The molecule has 0 aliphatic heterocycles. The highest BCUT2D eigenvalue weighted by Gasteiger charge is 2.13. The molecule has 0 radical (unpaired) electrons. The van der Waals surface area contributed by atoms with Gasteiger partial charge in [0.2, 0.25) is 0 Å². The van der Waals surface area contributed by atoms with Gasteiger partial charge in [0.05, 0.1) is 0 Å². The molecule has 0 aliphatic carbocycles. The van der Waals surface area contributed by atoms with Gasteiger partial charge in [-0.1, -0.05) is 30.3 Å². The quantitative estimate of drug-likeness (QED) is 0.671. The normalized spacial score (nSPS) is 10.3. The maximum absolute atomic E-state index is 12.6. The highest BCUT2D eigenvalue weighted by Crippen LogP contribution is 2.19. The summed E-state index contributed by atoms with van der Waals surface area (Å²) in [5, 5.41) is 2.78. The molecule has 0 saturated carbocycles. The molecule has 0 atom stereocenters. The number of para-hydroxylation sites is 1. The molecule has 5 heteroatoms. The summed E-state index contributed by atoms with van der Waals surface area (Å²) in [4.78, 5) is 26.4. The maximum atomic E-state index is 12.6. The predicted molar refractivity (Wildman–Crippen MR) is 116 cm³/mol. The number of carbonyl (C=O) groups is 2. The Morgan fingerprint density at radius 2 is 1.62 bits per heavy atom. The average molecular weight is 388 g/mol. The molecule has 0 heterocycles. The van der Waals surface area contributed by atoms with Gasteiger partial charge >= 0.3 is 0 Å². The lowest BCUT2D eigenvalue weighted by molar-refractivity contribution is -0.118. The minimum Gasteiger partial charge on any atom is -0.483 e. The number of rotatable bonds is 6. The fourth-order valence-electron chi connectivity index (χ4n) is 2.86. The first-order valence-electron chi connectivity index (χ1n) is 9.37. The fourth-order valence-corrected chi connectivity index (χ4v) is 2.86. The van der Waals surface area contributed by atoms with Crippen LogP contribution in [0.2, 0.25) is 0 Å². The lowest BCUT2D eigenvalue weighted by atomic mass is 10.1. The lowest BCUT2D eigenvalue weighted by Crippen LogP contribution is -2.26. The van der Waals surface area contributed by atoms with E-state index in [0.29, 0.717) is 17.0 Å². The molecule has 2 amide bonds. The van der Waals surface area contributed by atoms with Gasteiger partial charge in [-0.05, 0) is 67.4 Å². The van der Waals surface area contributed by atoms with E-state index in [2.05, 4.69) is 5.32 Å². The highest BCUT2D eigenvalue weighted by molar-refractivity contribution is 6.06. The lowest BCUT2D eigenvalue weighted by Gasteiger charge is -2.17. The van der Waals surface area contributed by atoms with E-state index in [1.54, 1.807) is 36.2 Å². The first kappa shape index (κ1) is 20.1. The number of ether oxygens (including phenoxy) is 1. The zero-order valence-corrected chi connectivity index (χ0v) is 16.8. The molecule has 0 unspecified atom stereocenters. The second-order valence-electron chi connectivity index (χ2n) is 6.88. The molecular formula is C24H24N2O3. The molecule has 1 N–H and O–H groups in total. The number of carbonyl (C=O) groups excluding carboxylic acids is 2. The molecule has 148 valence electrons. The van der Waals surface area contributed by atoms with Crippen molar-refractivity contribution in [1.82, 2.24) is 0 Å². The Bertz CT molecular complexity index is 998. The van der Waals surface area contributed by atoms with Crippen LogP contribution in [-0.2, 0) is 4.79 Å². The Labute approximate surface area is 170 Å². The van der Waals surface area contributed by atoms with Crippen LogP contribution in [-0.4, -0.2) is 25.5 Å². The Morgan fingerprint density at radius 3 is 2.31 bits per heavy atom. The third kappa shape index (κ3) is 5.23. The number of nitrogens with zero attached hydrogens (tertiary/aromatic N) is 1. The zero-order chi connectivity index (χ0) is 20.8. The molecule has 29 heavy (non-hydrogen) atoms. The first-order chi connectivity index (χ1) is 13.9. The zero-order valence-electron chi connectivity index (χ0n) is 16.8. The largest absolute Gasteiger partial charge is 0.483 e. The number of benzene rings is 3. The number of aryl methyl sites for hydroxylation is 2. The third-order valence-corrected chi connectivity index (χ3v) is 4.57. The summed E-state index contributed by atoms with van der Waals surface area (Å²) in [7, 11) is 1.73. The van der Waals surface area contributed by atoms with Crippen molar-refractivity contribution in [3.8, 4) is 5.75 Å². The Morgan fingerprint density at radius 1 is 0.931 bits per heavy atom. The van der Waals surface area contributed by atoms with E-state index in [0.717, 1.165) is 16.8 Å². The van der Waals surface area contributed by atoms with Crippen molar-refractivity contribution in [1.29, 1.82) is 0 Å². The van der Waals surface area contributed by atoms with Crippen molar-refractivity contribution in [3.63, 3.8) is 0 Å². The van der Waals surface area contributed by atoms with Crippen LogP contribution in [0.3, 0.4) is 0 Å². The standard InChI is InChI=1S/C24H24N2O3/c1-17-9-10-18(2)22(15-17)29-16-23(27)25-20-13-11-19(12-14-20)24(28)26(3)21-7-5-4-6-8-21/h4-15H,16H2,1-3H3,(H,25,27). The van der Waals surface area contributed by atoms with E-state index in [-0.39, 0.29) is 18.4 Å². The third-order valence-electron chi connectivity index (χ3n) is 4.57. The highest BCUT2D eigenvalue weighted by atomic mass is 16.5. The molecule has 0 saturated heterocycles. The van der Waals surface area contributed by atoms with Crippen LogP contribution in [0.15, 0.2) is 72.8 Å². The summed E-state index contributed by atoms with van der Waals surface area (Å²) in [6, 6.07) is 22.1. The van der Waals surface area contributed by atoms with E-state index >= 15 is 0 Å². The van der Waals surface area contributed by atoms with Gasteiger partial charge in [-0.3, -0.25) is 9.59 Å². The van der Waals surface area contributed by atoms with Crippen LogP contribution in [0.4, 0.5) is 11.4 Å². The number of hydrogen-bond donors (Lipinski definition) is 1. The van der Waals surface area contributed by atoms with Gasteiger partial charge in [-0.25, -0.2) is 0 Å². The van der Waals surface area contributed by atoms with E-state index in [1.165, 1.54) is 0 Å². The molecule has 5 nitrogen and oxygen atoms in total. The van der Waals surface area contributed by atoms with Gasteiger partial charge in [0.1, 0.15) is 5.75 Å². The molecule has 0 aromatic heterocycles. The van der Waals surface area contributed by atoms with E-state index < -0.39 is 0 Å². The topological polar surface area (TPSA) is 58.6 Å². The van der Waals surface area contributed by atoms with Gasteiger partial charge in [0.25, 0.3) is 11.8 Å². The minimum absolute atomic E-state index is 0.0816. The van der Waals surface area contributed by atoms with E-state index in [1.807, 2.05) is 62.4 Å². The number of anilines is 2. The van der Waals surface area contributed by atoms with Crippen LogP contribution in [0.5, 0.6) is 5.75 Å². The molecule has 3 aromatic carbocycles. The smallest absolute Gasteiger partial charge is 0.262 e. The summed E-state index contributed by atoms with van der Waals surface area (Å²) in [6.45, 7) is 3.83. The fraction of sp³-hybridized carbons (Fsp3) is 0.167. The Balaban J connectivity index is 1.58. The van der Waals surface area contributed by atoms with Crippen molar-refractivity contribution in [2.24, 2.45) is 0 Å². The second-order valence-corrected chi connectivity index (χ2v) is 6.88. The summed E-state index contributed by atoms with van der Waals surface area (Å²) < 4.78 is 5.62. The SMILES string of the molecule is Cc1ccc(C)c(OCC(=O)Nc2ccc(C(=O)N(C)c3ccccc3)cc2)c1. The molecule has 3 rings (SSSR count). The molecule has 0 bridgehead atoms. The van der Waals surface area contributed by atoms with Gasteiger partial charge in [0.15, 0.2) is 6.61 Å².